The summed E-state index contributed by atoms with van der Waals surface area (Å²) in [6, 6.07) is 0. The zero-order valence-corrected chi connectivity index (χ0v) is 11.4. The van der Waals surface area contributed by atoms with E-state index in [0.29, 0.717) is 0 Å². The third kappa shape index (κ3) is 4.80. The highest BCUT2D eigenvalue weighted by atomic mass is 32.2. The largest absolute Gasteiger partial charge is 0.371 e. The molecule has 4 nitrogen and oxygen atoms in total. The van der Waals surface area contributed by atoms with Gasteiger partial charge in [0.15, 0.2) is 9.84 Å². The lowest BCUT2D eigenvalue weighted by Gasteiger charge is -2.22. The third-order valence-electron chi connectivity index (χ3n) is 2.59. The van der Waals surface area contributed by atoms with Crippen LogP contribution in [0, 0.1) is 0 Å². The molecule has 0 spiro atoms. The van der Waals surface area contributed by atoms with Gasteiger partial charge in [0, 0.05) is 5.54 Å². The second-order valence-electron chi connectivity index (χ2n) is 6.08. The molecule has 1 unspecified atom stereocenters. The summed E-state index contributed by atoms with van der Waals surface area (Å²) in [7, 11) is -3.12. The van der Waals surface area contributed by atoms with Crippen LogP contribution in [0.15, 0.2) is 0 Å². The van der Waals surface area contributed by atoms with E-state index in [1.807, 2.05) is 13.8 Å². The van der Waals surface area contributed by atoms with Crippen LogP contribution in [-0.2, 0) is 14.6 Å². The van der Waals surface area contributed by atoms with Gasteiger partial charge in [-0.05, 0) is 40.5 Å². The molecule has 0 aromatic rings. The molecule has 0 saturated carbocycles. The van der Waals surface area contributed by atoms with Gasteiger partial charge in [0.2, 0.25) is 0 Å². The monoisotopic (exact) mass is 249 g/mol. The number of hydrogen-bond acceptors (Lipinski definition) is 4. The summed E-state index contributed by atoms with van der Waals surface area (Å²) < 4.78 is 29.4. The number of sulfone groups is 1. The fourth-order valence-electron chi connectivity index (χ4n) is 2.10. The quantitative estimate of drug-likeness (QED) is 0.810. The van der Waals surface area contributed by atoms with Crippen molar-refractivity contribution in [2.75, 3.05) is 11.5 Å². The Kier molecular flexibility index (Phi) is 3.72. The van der Waals surface area contributed by atoms with Crippen LogP contribution < -0.4 is 5.73 Å². The van der Waals surface area contributed by atoms with Crippen molar-refractivity contribution in [3.05, 3.63) is 0 Å². The van der Waals surface area contributed by atoms with Gasteiger partial charge in [0.1, 0.15) is 0 Å². The van der Waals surface area contributed by atoms with Crippen LogP contribution in [0.2, 0.25) is 0 Å². The molecule has 1 aliphatic heterocycles. The Morgan fingerprint density at radius 3 is 2.38 bits per heavy atom. The first-order valence-electron chi connectivity index (χ1n) is 5.66. The summed E-state index contributed by atoms with van der Waals surface area (Å²) in [6.07, 6.45) is 1.57. The lowest BCUT2D eigenvalue weighted by molar-refractivity contribution is -0.00528. The second-order valence-corrected chi connectivity index (χ2v) is 8.19. The van der Waals surface area contributed by atoms with E-state index in [4.69, 9.17) is 10.5 Å². The van der Waals surface area contributed by atoms with Gasteiger partial charge in [-0.1, -0.05) is 0 Å². The Bertz CT molecular complexity index is 341. The average molecular weight is 249 g/mol. The summed E-state index contributed by atoms with van der Waals surface area (Å²) in [4.78, 5) is 0. The minimum absolute atomic E-state index is 0.0142. The Hall–Kier alpha value is -0.130. The van der Waals surface area contributed by atoms with Crippen LogP contribution in [0.1, 0.15) is 40.5 Å². The van der Waals surface area contributed by atoms with E-state index in [1.165, 1.54) is 0 Å². The molecule has 1 fully saturated rings. The number of hydrogen-bond donors (Lipinski definition) is 1. The van der Waals surface area contributed by atoms with E-state index in [2.05, 4.69) is 0 Å². The van der Waals surface area contributed by atoms with Crippen LogP contribution in [0.4, 0.5) is 0 Å². The van der Waals surface area contributed by atoms with Gasteiger partial charge in [0.25, 0.3) is 0 Å². The first-order valence-corrected chi connectivity index (χ1v) is 7.48. The Labute approximate surface area is 98.5 Å². The highest BCUT2D eigenvalue weighted by Gasteiger charge is 2.35. The Morgan fingerprint density at radius 2 is 2.00 bits per heavy atom. The standard InChI is InChI=1S/C11H23NO3S/c1-10(2,12)8-16(13,14)7-9-5-6-11(3,4)15-9/h9H,5-8,12H2,1-4H3. The highest BCUT2D eigenvalue weighted by Crippen LogP contribution is 2.30. The molecule has 0 aromatic heterocycles. The summed E-state index contributed by atoms with van der Waals surface area (Å²) >= 11 is 0. The van der Waals surface area contributed by atoms with Crippen molar-refractivity contribution in [2.24, 2.45) is 5.73 Å². The smallest absolute Gasteiger partial charge is 0.154 e. The fourth-order valence-corrected chi connectivity index (χ4v) is 4.16. The van der Waals surface area contributed by atoms with E-state index >= 15 is 0 Å². The number of nitrogens with two attached hydrogens (primary N) is 1. The van der Waals surface area contributed by atoms with Gasteiger partial charge in [-0.2, -0.15) is 0 Å². The van der Waals surface area contributed by atoms with Gasteiger partial charge in [0.05, 0.1) is 23.2 Å². The van der Waals surface area contributed by atoms with Crippen LogP contribution >= 0.6 is 0 Å². The van der Waals surface area contributed by atoms with Crippen LogP contribution in [0.5, 0.6) is 0 Å². The molecule has 1 heterocycles. The molecule has 96 valence electrons. The maximum absolute atomic E-state index is 11.9. The fraction of sp³-hybridized carbons (Fsp3) is 1.00. The molecule has 1 saturated heterocycles. The molecule has 0 aliphatic carbocycles. The number of rotatable bonds is 4. The normalized spacial score (nSPS) is 25.9. The van der Waals surface area contributed by atoms with E-state index in [9.17, 15) is 8.42 Å². The molecule has 0 aromatic carbocycles. The Balaban J connectivity index is 2.55. The van der Waals surface area contributed by atoms with Gasteiger partial charge < -0.3 is 10.5 Å². The molecular weight excluding hydrogens is 226 g/mol. The molecule has 0 radical (unpaired) electrons. The first-order chi connectivity index (χ1) is 6.99. The molecule has 1 aliphatic rings. The summed E-state index contributed by atoms with van der Waals surface area (Å²) in [5.74, 6) is 0.108. The van der Waals surface area contributed by atoms with Gasteiger partial charge in [-0.15, -0.1) is 0 Å². The van der Waals surface area contributed by atoms with E-state index < -0.39 is 15.4 Å². The molecule has 16 heavy (non-hydrogen) atoms. The molecule has 0 bridgehead atoms. The zero-order chi connectivity index (χ0) is 12.6. The highest BCUT2D eigenvalue weighted by molar-refractivity contribution is 7.91. The summed E-state index contributed by atoms with van der Waals surface area (Å²) in [5, 5.41) is 0. The maximum atomic E-state index is 11.9. The second kappa shape index (κ2) is 4.27. The van der Waals surface area contributed by atoms with E-state index in [1.54, 1.807) is 13.8 Å². The number of ether oxygens (including phenoxy) is 1. The minimum atomic E-state index is -3.12. The molecule has 2 N–H and O–H groups in total. The van der Waals surface area contributed by atoms with Crippen molar-refractivity contribution in [2.45, 2.75) is 57.8 Å². The molecule has 0 amide bonds. The van der Waals surface area contributed by atoms with Crippen LogP contribution in [-0.4, -0.2) is 37.2 Å². The zero-order valence-electron chi connectivity index (χ0n) is 10.6. The van der Waals surface area contributed by atoms with Crippen molar-refractivity contribution in [3.8, 4) is 0 Å². The lowest BCUT2D eigenvalue weighted by atomic mass is 10.1. The van der Waals surface area contributed by atoms with Gasteiger partial charge in [-0.25, -0.2) is 8.42 Å². The molecule has 1 atom stereocenters. The van der Waals surface area contributed by atoms with E-state index in [-0.39, 0.29) is 23.2 Å². The maximum Gasteiger partial charge on any atom is 0.154 e. The molecule has 5 heteroatoms. The van der Waals surface area contributed by atoms with Crippen molar-refractivity contribution >= 4 is 9.84 Å². The minimum Gasteiger partial charge on any atom is -0.371 e. The topological polar surface area (TPSA) is 69.4 Å². The predicted octanol–water partition coefficient (Wildman–Crippen LogP) is 1.10. The molecular formula is C11H23NO3S. The van der Waals surface area contributed by atoms with Crippen molar-refractivity contribution in [1.82, 2.24) is 0 Å². The first kappa shape index (κ1) is 13.9. The van der Waals surface area contributed by atoms with E-state index in [0.717, 1.165) is 12.8 Å². The van der Waals surface area contributed by atoms with Crippen LogP contribution in [0.25, 0.3) is 0 Å². The SMILES string of the molecule is CC(C)(N)CS(=O)(=O)CC1CCC(C)(C)O1. The van der Waals surface area contributed by atoms with Crippen molar-refractivity contribution in [1.29, 1.82) is 0 Å². The van der Waals surface area contributed by atoms with Crippen LogP contribution in [0.3, 0.4) is 0 Å². The lowest BCUT2D eigenvalue weighted by Crippen LogP contribution is -2.42. The third-order valence-corrected chi connectivity index (χ3v) is 4.65. The van der Waals surface area contributed by atoms with Crippen molar-refractivity contribution < 1.29 is 13.2 Å². The van der Waals surface area contributed by atoms with Gasteiger partial charge in [-0.3, -0.25) is 0 Å². The van der Waals surface area contributed by atoms with Crippen molar-refractivity contribution in [3.63, 3.8) is 0 Å². The summed E-state index contributed by atoms with van der Waals surface area (Å²) in [5.41, 5.74) is 4.87. The Morgan fingerprint density at radius 1 is 1.44 bits per heavy atom. The predicted molar refractivity (Wildman–Crippen MR) is 65.1 cm³/mol. The summed E-state index contributed by atoms with van der Waals surface area (Å²) in [6.45, 7) is 7.44. The average Bonchev–Trinajstić information content (AvgIpc) is 2.22. The molecule has 1 rings (SSSR count). The van der Waals surface area contributed by atoms with Gasteiger partial charge >= 0.3 is 0 Å².